The molecule has 1 unspecified atom stereocenters. The number of fused-ring (bicyclic) bond motifs is 1. The van der Waals surface area contributed by atoms with Crippen molar-refractivity contribution in [2.45, 2.75) is 25.6 Å². The highest BCUT2D eigenvalue weighted by atomic mass is 35.5. The van der Waals surface area contributed by atoms with Gasteiger partial charge < -0.3 is 20.1 Å². The molecule has 31 heavy (non-hydrogen) atoms. The molecule has 1 heterocycles. The van der Waals surface area contributed by atoms with Gasteiger partial charge in [0.2, 0.25) is 0 Å². The number of aliphatic carboxylic acids is 1. The number of para-hydroxylation sites is 1. The van der Waals surface area contributed by atoms with Gasteiger partial charge in [0.05, 0.1) is 0 Å². The minimum atomic E-state index is -0.878. The molecule has 4 rings (SSSR count). The molecule has 0 spiro atoms. The molecule has 0 bridgehead atoms. The Balaban J connectivity index is 1.39. The van der Waals surface area contributed by atoms with Gasteiger partial charge >= 0.3 is 5.97 Å². The van der Waals surface area contributed by atoms with Crippen molar-refractivity contribution in [3.8, 4) is 5.75 Å². The Morgan fingerprint density at radius 2 is 1.84 bits per heavy atom. The van der Waals surface area contributed by atoms with E-state index in [0.29, 0.717) is 30.3 Å². The summed E-state index contributed by atoms with van der Waals surface area (Å²) < 4.78 is 5.87. The molecular formula is C25H23ClN2O3. The first-order chi connectivity index (χ1) is 15.1. The van der Waals surface area contributed by atoms with Crippen LogP contribution in [0.4, 0.5) is 0 Å². The molecule has 0 radical (unpaired) electrons. The zero-order valence-corrected chi connectivity index (χ0v) is 17.6. The largest absolute Gasteiger partial charge is 0.489 e. The van der Waals surface area contributed by atoms with E-state index in [1.807, 2.05) is 79.0 Å². The van der Waals surface area contributed by atoms with Gasteiger partial charge in [-0.3, -0.25) is 4.79 Å². The number of carboxylic acids is 1. The summed E-state index contributed by atoms with van der Waals surface area (Å²) in [7, 11) is 0. The predicted molar refractivity (Wildman–Crippen MR) is 122 cm³/mol. The van der Waals surface area contributed by atoms with Crippen molar-refractivity contribution in [3.63, 3.8) is 0 Å². The lowest BCUT2D eigenvalue weighted by molar-refractivity contribution is -0.139. The Morgan fingerprint density at radius 3 is 2.68 bits per heavy atom. The first kappa shape index (κ1) is 21.0. The van der Waals surface area contributed by atoms with Gasteiger partial charge in [-0.15, -0.1) is 0 Å². The van der Waals surface area contributed by atoms with Gasteiger partial charge in [0.25, 0.3) is 0 Å². The number of carboxylic acid groups (broad SMARTS) is 1. The number of ether oxygens (including phenoxy) is 1. The van der Waals surface area contributed by atoms with E-state index in [9.17, 15) is 9.90 Å². The van der Waals surface area contributed by atoms with Crippen molar-refractivity contribution in [2.75, 3.05) is 0 Å². The fourth-order valence-corrected chi connectivity index (χ4v) is 3.72. The summed E-state index contributed by atoms with van der Waals surface area (Å²) in [6, 6.07) is 22.4. The molecule has 6 heteroatoms. The van der Waals surface area contributed by atoms with Crippen LogP contribution in [0.5, 0.6) is 5.75 Å². The molecule has 0 saturated carbocycles. The second kappa shape index (κ2) is 9.69. The van der Waals surface area contributed by atoms with Crippen molar-refractivity contribution < 1.29 is 14.6 Å². The van der Waals surface area contributed by atoms with E-state index in [2.05, 4.69) is 10.3 Å². The van der Waals surface area contributed by atoms with E-state index < -0.39 is 12.0 Å². The van der Waals surface area contributed by atoms with Crippen molar-refractivity contribution >= 4 is 28.5 Å². The maximum atomic E-state index is 11.8. The van der Waals surface area contributed by atoms with E-state index >= 15 is 0 Å². The number of aromatic amines is 1. The van der Waals surface area contributed by atoms with Crippen LogP contribution in [-0.4, -0.2) is 22.1 Å². The van der Waals surface area contributed by atoms with Gasteiger partial charge in [-0.05, 0) is 35.4 Å². The van der Waals surface area contributed by atoms with E-state index in [1.165, 1.54) is 0 Å². The number of halogens is 1. The first-order valence-electron chi connectivity index (χ1n) is 10.1. The smallest absolute Gasteiger partial charge is 0.321 e. The van der Waals surface area contributed by atoms with Crippen LogP contribution in [0.25, 0.3) is 10.9 Å². The maximum absolute atomic E-state index is 11.8. The average Bonchev–Trinajstić information content (AvgIpc) is 3.19. The normalized spacial score (nSPS) is 12.0. The number of benzene rings is 3. The first-order valence-corrected chi connectivity index (χ1v) is 10.4. The summed E-state index contributed by atoms with van der Waals surface area (Å²) in [5, 5.41) is 14.6. The van der Waals surface area contributed by atoms with Crippen molar-refractivity contribution in [3.05, 3.63) is 101 Å². The zero-order valence-electron chi connectivity index (χ0n) is 16.8. The molecule has 1 aromatic heterocycles. The van der Waals surface area contributed by atoms with Crippen LogP contribution < -0.4 is 10.1 Å². The second-order valence-electron chi connectivity index (χ2n) is 7.36. The third-order valence-electron chi connectivity index (χ3n) is 5.20. The third kappa shape index (κ3) is 5.26. The lowest BCUT2D eigenvalue weighted by atomic mass is 10.0. The van der Waals surface area contributed by atoms with Gasteiger partial charge in [0.1, 0.15) is 18.4 Å². The highest BCUT2D eigenvalue weighted by molar-refractivity contribution is 6.31. The predicted octanol–water partition coefficient (Wildman–Crippen LogP) is 5.19. The monoisotopic (exact) mass is 434 g/mol. The van der Waals surface area contributed by atoms with Crippen LogP contribution in [0, 0.1) is 0 Å². The molecule has 0 aliphatic heterocycles. The van der Waals surface area contributed by atoms with Gasteiger partial charge in [0.15, 0.2) is 0 Å². The van der Waals surface area contributed by atoms with Crippen LogP contribution in [-0.2, 0) is 24.4 Å². The van der Waals surface area contributed by atoms with Crippen LogP contribution in [0.2, 0.25) is 5.02 Å². The van der Waals surface area contributed by atoms with Gasteiger partial charge in [-0.25, -0.2) is 0 Å². The summed E-state index contributed by atoms with van der Waals surface area (Å²) in [6.45, 7) is 0.789. The van der Waals surface area contributed by atoms with Crippen LogP contribution in [0.15, 0.2) is 79.0 Å². The molecule has 5 nitrogen and oxygen atoms in total. The molecule has 0 amide bonds. The Morgan fingerprint density at radius 1 is 1.03 bits per heavy atom. The Kier molecular flexibility index (Phi) is 6.55. The van der Waals surface area contributed by atoms with Crippen molar-refractivity contribution in [2.24, 2.45) is 0 Å². The van der Waals surface area contributed by atoms with Gasteiger partial charge in [-0.2, -0.15) is 0 Å². The summed E-state index contributed by atoms with van der Waals surface area (Å²) in [5.41, 5.74) is 3.84. The molecule has 0 aliphatic rings. The zero-order chi connectivity index (χ0) is 21.6. The standard InChI is InChI=1S/C25H23ClN2O3/c26-22-10-3-1-7-18(22)16-31-20-8-5-6-17(12-20)14-27-24(25(29)30)13-19-15-28-23-11-4-2-9-21(19)23/h1-12,15,24,27-28H,13-14,16H2,(H,29,30). The Hall–Kier alpha value is -3.28. The summed E-state index contributed by atoms with van der Waals surface area (Å²) in [5.74, 6) is -0.167. The second-order valence-corrected chi connectivity index (χ2v) is 7.77. The summed E-state index contributed by atoms with van der Waals surface area (Å²) in [6.07, 6.45) is 2.27. The number of hydrogen-bond acceptors (Lipinski definition) is 3. The Bertz CT molecular complexity index is 1190. The molecule has 3 aromatic carbocycles. The quantitative estimate of drug-likeness (QED) is 0.339. The summed E-state index contributed by atoms with van der Waals surface area (Å²) in [4.78, 5) is 15.0. The lowest BCUT2D eigenvalue weighted by Crippen LogP contribution is -2.38. The van der Waals surface area contributed by atoms with Crippen LogP contribution in [0.3, 0.4) is 0 Å². The van der Waals surface area contributed by atoms with Crippen LogP contribution in [0.1, 0.15) is 16.7 Å². The molecule has 0 aliphatic carbocycles. The minimum absolute atomic E-state index is 0.370. The number of nitrogens with one attached hydrogen (secondary N) is 2. The number of H-pyrrole nitrogens is 1. The number of rotatable bonds is 9. The molecular weight excluding hydrogens is 412 g/mol. The molecule has 0 fully saturated rings. The number of carbonyl (C=O) groups is 1. The van der Waals surface area contributed by atoms with Crippen LogP contribution >= 0.6 is 11.6 Å². The lowest BCUT2D eigenvalue weighted by Gasteiger charge is -2.15. The fourth-order valence-electron chi connectivity index (χ4n) is 3.53. The highest BCUT2D eigenvalue weighted by Gasteiger charge is 2.19. The molecule has 4 aromatic rings. The van der Waals surface area contributed by atoms with Crippen molar-refractivity contribution in [1.82, 2.24) is 10.3 Å². The molecule has 1 atom stereocenters. The molecule has 0 saturated heterocycles. The average molecular weight is 435 g/mol. The molecule has 3 N–H and O–H groups in total. The summed E-state index contributed by atoms with van der Waals surface area (Å²) >= 11 is 6.18. The van der Waals surface area contributed by atoms with Gasteiger partial charge in [0, 0.05) is 40.7 Å². The van der Waals surface area contributed by atoms with E-state index in [1.54, 1.807) is 0 Å². The number of aromatic nitrogens is 1. The fraction of sp³-hybridized carbons (Fsp3) is 0.160. The number of hydrogen-bond donors (Lipinski definition) is 3. The minimum Gasteiger partial charge on any atom is -0.489 e. The topological polar surface area (TPSA) is 74.3 Å². The third-order valence-corrected chi connectivity index (χ3v) is 5.57. The van der Waals surface area contributed by atoms with E-state index in [0.717, 1.165) is 27.6 Å². The van der Waals surface area contributed by atoms with E-state index in [-0.39, 0.29) is 0 Å². The maximum Gasteiger partial charge on any atom is 0.321 e. The molecule has 158 valence electrons. The van der Waals surface area contributed by atoms with Gasteiger partial charge in [-0.1, -0.05) is 60.1 Å². The SMILES string of the molecule is O=C(O)C(Cc1c[nH]c2ccccc12)NCc1cccc(OCc2ccccc2Cl)c1. The Labute approximate surface area is 185 Å². The highest BCUT2D eigenvalue weighted by Crippen LogP contribution is 2.21. The van der Waals surface area contributed by atoms with Crippen molar-refractivity contribution in [1.29, 1.82) is 0 Å². The van der Waals surface area contributed by atoms with E-state index in [4.69, 9.17) is 16.3 Å².